The van der Waals surface area contributed by atoms with Crippen molar-refractivity contribution in [1.29, 1.82) is 0 Å². The number of hydrogen-bond acceptors (Lipinski definition) is 4. The fourth-order valence-corrected chi connectivity index (χ4v) is 5.70. The molecule has 35 heavy (non-hydrogen) atoms. The molecule has 0 radical (unpaired) electrons. The second kappa shape index (κ2) is 12.3. The van der Waals surface area contributed by atoms with E-state index in [1.54, 1.807) is 42.2 Å². The molecule has 2 amide bonds. The molecule has 2 aromatic rings. The lowest BCUT2D eigenvalue weighted by molar-refractivity contribution is -0.141. The topological polar surface area (TPSA) is 86.8 Å². The highest BCUT2D eigenvalue weighted by Gasteiger charge is 2.28. The minimum atomic E-state index is -3.61. The van der Waals surface area contributed by atoms with Crippen LogP contribution < -0.4 is 5.32 Å². The molecule has 1 aliphatic carbocycles. The molecule has 0 saturated heterocycles. The van der Waals surface area contributed by atoms with Crippen LogP contribution in [0.5, 0.6) is 0 Å². The van der Waals surface area contributed by atoms with Crippen LogP contribution in [0.15, 0.2) is 59.5 Å². The molecular weight excluding hydrogens is 462 g/mol. The number of amides is 2. The van der Waals surface area contributed by atoms with Crippen molar-refractivity contribution in [2.75, 3.05) is 13.6 Å². The maximum atomic E-state index is 13.3. The first kappa shape index (κ1) is 26.9. The number of aryl methyl sites for hydroxylation is 1. The van der Waals surface area contributed by atoms with E-state index in [9.17, 15) is 18.0 Å². The SMILES string of the molecule is Cc1cccc(CN(C(=O)CCCN(C)S(=O)(=O)c2ccccc2)[C@H](C)C(=O)NC2CCCC2)c1. The van der Waals surface area contributed by atoms with Crippen LogP contribution in [0.2, 0.25) is 0 Å². The zero-order chi connectivity index (χ0) is 25.4. The van der Waals surface area contributed by atoms with Crippen molar-refractivity contribution in [3.8, 4) is 0 Å². The van der Waals surface area contributed by atoms with Crippen LogP contribution in [0.1, 0.15) is 56.6 Å². The summed E-state index contributed by atoms with van der Waals surface area (Å²) in [5.41, 5.74) is 2.05. The zero-order valence-electron chi connectivity index (χ0n) is 20.9. The summed E-state index contributed by atoms with van der Waals surface area (Å²) in [6, 6.07) is 15.7. The normalized spacial score (nSPS) is 15.2. The Kier molecular flexibility index (Phi) is 9.46. The van der Waals surface area contributed by atoms with Gasteiger partial charge in [0.15, 0.2) is 0 Å². The van der Waals surface area contributed by atoms with Gasteiger partial charge in [-0.15, -0.1) is 0 Å². The van der Waals surface area contributed by atoms with Gasteiger partial charge >= 0.3 is 0 Å². The van der Waals surface area contributed by atoms with Crippen LogP contribution in [0.25, 0.3) is 0 Å². The Hall–Kier alpha value is -2.71. The second-order valence-corrected chi connectivity index (χ2v) is 11.5. The van der Waals surface area contributed by atoms with Gasteiger partial charge in [-0.25, -0.2) is 12.7 Å². The Labute approximate surface area is 209 Å². The van der Waals surface area contributed by atoms with Gasteiger partial charge in [-0.1, -0.05) is 60.9 Å². The van der Waals surface area contributed by atoms with Gasteiger partial charge in [-0.3, -0.25) is 9.59 Å². The Morgan fingerprint density at radius 2 is 1.74 bits per heavy atom. The molecule has 1 N–H and O–H groups in total. The quantitative estimate of drug-likeness (QED) is 0.508. The second-order valence-electron chi connectivity index (χ2n) is 9.42. The Morgan fingerprint density at radius 3 is 2.40 bits per heavy atom. The number of benzene rings is 2. The molecular formula is C27H37N3O4S. The molecule has 0 spiro atoms. The number of nitrogens with one attached hydrogen (secondary N) is 1. The first-order valence-corrected chi connectivity index (χ1v) is 13.8. The minimum absolute atomic E-state index is 0.137. The molecule has 1 saturated carbocycles. The third-order valence-electron chi connectivity index (χ3n) is 6.62. The van der Waals surface area contributed by atoms with E-state index in [2.05, 4.69) is 5.32 Å². The highest BCUT2D eigenvalue weighted by molar-refractivity contribution is 7.89. The predicted octanol–water partition coefficient (Wildman–Crippen LogP) is 3.87. The summed E-state index contributed by atoms with van der Waals surface area (Å²) < 4.78 is 26.8. The molecule has 190 valence electrons. The lowest BCUT2D eigenvalue weighted by atomic mass is 10.1. The summed E-state index contributed by atoms with van der Waals surface area (Å²) in [7, 11) is -2.09. The number of hydrogen-bond donors (Lipinski definition) is 1. The Balaban J connectivity index is 1.65. The van der Waals surface area contributed by atoms with E-state index < -0.39 is 16.1 Å². The molecule has 0 bridgehead atoms. The van der Waals surface area contributed by atoms with Crippen LogP contribution in [-0.4, -0.2) is 55.1 Å². The minimum Gasteiger partial charge on any atom is -0.352 e. The van der Waals surface area contributed by atoms with Gasteiger partial charge < -0.3 is 10.2 Å². The van der Waals surface area contributed by atoms with Crippen molar-refractivity contribution in [3.05, 3.63) is 65.7 Å². The summed E-state index contributed by atoms with van der Waals surface area (Å²) >= 11 is 0. The van der Waals surface area contributed by atoms with Gasteiger partial charge in [0.1, 0.15) is 6.04 Å². The molecule has 1 fully saturated rings. The average Bonchev–Trinajstić information content (AvgIpc) is 3.35. The number of sulfonamides is 1. The summed E-state index contributed by atoms with van der Waals surface area (Å²) in [6.45, 7) is 4.31. The summed E-state index contributed by atoms with van der Waals surface area (Å²) in [4.78, 5) is 28.1. The van der Waals surface area contributed by atoms with Crippen LogP contribution >= 0.6 is 0 Å². The Bertz CT molecular complexity index is 1100. The van der Waals surface area contributed by atoms with Gasteiger partial charge in [-0.2, -0.15) is 0 Å². The first-order chi connectivity index (χ1) is 16.7. The summed E-state index contributed by atoms with van der Waals surface area (Å²) in [6.07, 6.45) is 4.71. The summed E-state index contributed by atoms with van der Waals surface area (Å²) in [5, 5.41) is 3.10. The molecule has 0 unspecified atom stereocenters. The fraction of sp³-hybridized carbons (Fsp3) is 0.481. The molecule has 3 rings (SSSR count). The molecule has 8 heteroatoms. The number of rotatable bonds is 11. The van der Waals surface area contributed by atoms with Crippen molar-refractivity contribution in [2.45, 2.75) is 75.9 Å². The van der Waals surface area contributed by atoms with Crippen molar-refractivity contribution in [1.82, 2.24) is 14.5 Å². The van der Waals surface area contributed by atoms with E-state index in [0.717, 1.165) is 36.8 Å². The van der Waals surface area contributed by atoms with Gasteiger partial charge in [-0.05, 0) is 50.8 Å². The van der Waals surface area contributed by atoms with Crippen LogP contribution in [0.3, 0.4) is 0 Å². The van der Waals surface area contributed by atoms with Gasteiger partial charge in [0.05, 0.1) is 4.90 Å². The van der Waals surface area contributed by atoms with E-state index >= 15 is 0 Å². The average molecular weight is 500 g/mol. The van der Waals surface area contributed by atoms with E-state index in [1.807, 2.05) is 31.2 Å². The van der Waals surface area contributed by atoms with Gasteiger partial charge in [0, 0.05) is 32.6 Å². The van der Waals surface area contributed by atoms with Crippen LogP contribution in [0, 0.1) is 6.92 Å². The summed E-state index contributed by atoms with van der Waals surface area (Å²) in [5.74, 6) is -0.298. The highest BCUT2D eigenvalue weighted by Crippen LogP contribution is 2.19. The predicted molar refractivity (Wildman–Crippen MR) is 137 cm³/mol. The van der Waals surface area contributed by atoms with Gasteiger partial charge in [0.2, 0.25) is 21.8 Å². The zero-order valence-corrected chi connectivity index (χ0v) is 21.8. The standard InChI is InChI=1S/C27H37N3O4S/c1-21-11-9-12-23(19-21)20-30(22(2)27(32)28-24-13-7-8-14-24)26(31)17-10-18-29(3)35(33,34)25-15-5-4-6-16-25/h4-6,9,11-12,15-16,19,22,24H,7-8,10,13-14,17-18,20H2,1-3H3,(H,28,32)/t22-/m1/s1. The molecule has 0 heterocycles. The molecule has 1 atom stereocenters. The highest BCUT2D eigenvalue weighted by atomic mass is 32.2. The van der Waals surface area contributed by atoms with Crippen LogP contribution in [0.4, 0.5) is 0 Å². The molecule has 2 aromatic carbocycles. The third-order valence-corrected chi connectivity index (χ3v) is 8.49. The van der Waals surface area contributed by atoms with Gasteiger partial charge in [0.25, 0.3) is 0 Å². The maximum Gasteiger partial charge on any atom is 0.242 e. The number of carbonyl (C=O) groups excluding carboxylic acids is 2. The first-order valence-electron chi connectivity index (χ1n) is 12.4. The van der Waals surface area contributed by atoms with E-state index in [4.69, 9.17) is 0 Å². The van der Waals surface area contributed by atoms with E-state index in [1.165, 1.54) is 11.4 Å². The number of nitrogens with zero attached hydrogens (tertiary/aromatic N) is 2. The van der Waals surface area contributed by atoms with Crippen molar-refractivity contribution in [2.24, 2.45) is 0 Å². The fourth-order valence-electron chi connectivity index (χ4n) is 4.47. The number of carbonyl (C=O) groups is 2. The largest absolute Gasteiger partial charge is 0.352 e. The van der Waals surface area contributed by atoms with E-state index in [-0.39, 0.29) is 35.7 Å². The molecule has 0 aromatic heterocycles. The molecule has 7 nitrogen and oxygen atoms in total. The van der Waals surface area contributed by atoms with Crippen molar-refractivity contribution < 1.29 is 18.0 Å². The maximum absolute atomic E-state index is 13.3. The third kappa shape index (κ3) is 7.39. The molecule has 0 aliphatic heterocycles. The Morgan fingerprint density at radius 1 is 1.06 bits per heavy atom. The van der Waals surface area contributed by atoms with E-state index in [0.29, 0.717) is 13.0 Å². The lowest BCUT2D eigenvalue weighted by Crippen LogP contribution is -2.49. The lowest BCUT2D eigenvalue weighted by Gasteiger charge is -2.30. The monoisotopic (exact) mass is 499 g/mol. The molecule has 1 aliphatic rings. The van der Waals surface area contributed by atoms with Crippen molar-refractivity contribution in [3.63, 3.8) is 0 Å². The smallest absolute Gasteiger partial charge is 0.242 e. The van der Waals surface area contributed by atoms with Crippen molar-refractivity contribution >= 4 is 21.8 Å². The van der Waals surface area contributed by atoms with Crippen LogP contribution in [-0.2, 0) is 26.2 Å².